The SMILES string of the molecule is C#C[C@@]1(O)[C@@H]([C@@H](C)O)O[C@@H](n2ccc(N)nc2=O)[C@@H]1O. The Morgan fingerprint density at radius 3 is 2.80 bits per heavy atom. The summed E-state index contributed by atoms with van der Waals surface area (Å²) in [6.07, 6.45) is 1.23. The largest absolute Gasteiger partial charge is 0.391 e. The van der Waals surface area contributed by atoms with Crippen molar-refractivity contribution in [2.45, 2.75) is 37.1 Å². The molecule has 0 aromatic carbocycles. The summed E-state index contributed by atoms with van der Waals surface area (Å²) >= 11 is 0. The van der Waals surface area contributed by atoms with E-state index in [9.17, 15) is 20.1 Å². The number of aliphatic hydroxyl groups excluding tert-OH is 2. The van der Waals surface area contributed by atoms with Crippen molar-refractivity contribution in [2.75, 3.05) is 5.73 Å². The highest BCUT2D eigenvalue weighted by Crippen LogP contribution is 2.37. The molecule has 0 amide bonds. The fourth-order valence-corrected chi connectivity index (χ4v) is 2.20. The standard InChI is InChI=1S/C12H15N3O5/c1-3-12(19)8(17)10(20-9(12)6(2)16)15-5-4-7(13)14-11(15)18/h1,4-6,8-10,16-17,19H,2H3,(H2,13,14,18)/t6-,8+,9-,10-,12+/m1/s1. The van der Waals surface area contributed by atoms with Crippen molar-refractivity contribution in [2.24, 2.45) is 0 Å². The van der Waals surface area contributed by atoms with Crippen LogP contribution in [0, 0.1) is 12.3 Å². The van der Waals surface area contributed by atoms with Gasteiger partial charge in [-0.15, -0.1) is 6.42 Å². The van der Waals surface area contributed by atoms with Crippen molar-refractivity contribution >= 4 is 5.82 Å². The summed E-state index contributed by atoms with van der Waals surface area (Å²) in [6, 6.07) is 1.34. The van der Waals surface area contributed by atoms with E-state index in [0.29, 0.717) is 0 Å². The molecule has 0 radical (unpaired) electrons. The lowest BCUT2D eigenvalue weighted by molar-refractivity contribution is -0.0931. The van der Waals surface area contributed by atoms with Gasteiger partial charge in [-0.2, -0.15) is 4.98 Å². The average Bonchev–Trinajstić information content (AvgIpc) is 2.64. The summed E-state index contributed by atoms with van der Waals surface area (Å²) in [6.45, 7) is 1.35. The molecule has 2 rings (SSSR count). The van der Waals surface area contributed by atoms with Crippen LogP contribution in [0.4, 0.5) is 5.82 Å². The third-order valence-corrected chi connectivity index (χ3v) is 3.24. The minimum Gasteiger partial charge on any atom is -0.391 e. The third-order valence-electron chi connectivity index (χ3n) is 3.24. The smallest absolute Gasteiger partial charge is 0.351 e. The molecule has 5 atom stereocenters. The van der Waals surface area contributed by atoms with E-state index in [1.807, 2.05) is 5.92 Å². The highest BCUT2D eigenvalue weighted by atomic mass is 16.6. The minimum absolute atomic E-state index is 0.0121. The Kier molecular flexibility index (Phi) is 3.54. The van der Waals surface area contributed by atoms with Gasteiger partial charge in [-0.3, -0.25) is 4.57 Å². The molecule has 1 aliphatic heterocycles. The minimum atomic E-state index is -2.11. The summed E-state index contributed by atoms with van der Waals surface area (Å²) in [5.74, 6) is 2.02. The molecule has 8 heteroatoms. The Bertz CT molecular complexity index is 608. The number of hydrogen-bond donors (Lipinski definition) is 4. The summed E-state index contributed by atoms with van der Waals surface area (Å²) in [4.78, 5) is 15.2. The van der Waals surface area contributed by atoms with Crippen LogP contribution in [0.2, 0.25) is 0 Å². The zero-order valence-corrected chi connectivity index (χ0v) is 10.7. The maximum atomic E-state index is 11.7. The van der Waals surface area contributed by atoms with Crippen LogP contribution in [0.3, 0.4) is 0 Å². The molecule has 0 spiro atoms. The molecule has 8 nitrogen and oxygen atoms in total. The number of nitrogens with zero attached hydrogens (tertiary/aromatic N) is 2. The van der Waals surface area contributed by atoms with Gasteiger partial charge in [0, 0.05) is 6.20 Å². The van der Waals surface area contributed by atoms with E-state index < -0.39 is 35.8 Å². The monoisotopic (exact) mass is 281 g/mol. The van der Waals surface area contributed by atoms with Gasteiger partial charge in [0.2, 0.25) is 0 Å². The molecule has 5 N–H and O–H groups in total. The fraction of sp³-hybridized carbons (Fsp3) is 0.500. The predicted octanol–water partition coefficient (Wildman–Crippen LogP) is -2.17. The first kappa shape index (κ1) is 14.5. The van der Waals surface area contributed by atoms with E-state index in [4.69, 9.17) is 16.9 Å². The number of nitrogens with two attached hydrogens (primary N) is 1. The molecule has 1 saturated heterocycles. The van der Waals surface area contributed by atoms with Gasteiger partial charge >= 0.3 is 5.69 Å². The van der Waals surface area contributed by atoms with Gasteiger partial charge in [0.1, 0.15) is 18.0 Å². The number of ether oxygens (including phenoxy) is 1. The van der Waals surface area contributed by atoms with Crippen molar-refractivity contribution in [1.29, 1.82) is 0 Å². The van der Waals surface area contributed by atoms with Crippen molar-refractivity contribution in [3.63, 3.8) is 0 Å². The van der Waals surface area contributed by atoms with Gasteiger partial charge in [-0.05, 0) is 13.0 Å². The van der Waals surface area contributed by atoms with E-state index >= 15 is 0 Å². The third kappa shape index (κ3) is 2.07. The number of rotatable bonds is 2. The lowest BCUT2D eigenvalue weighted by atomic mass is 9.90. The average molecular weight is 281 g/mol. The number of terminal acetylenes is 1. The molecule has 1 aromatic heterocycles. The van der Waals surface area contributed by atoms with Crippen molar-refractivity contribution in [1.82, 2.24) is 9.55 Å². The van der Waals surface area contributed by atoms with E-state index in [-0.39, 0.29) is 5.82 Å². The van der Waals surface area contributed by atoms with Gasteiger partial charge in [-0.1, -0.05) is 5.92 Å². The molecule has 1 aliphatic rings. The second-order valence-electron chi connectivity index (χ2n) is 4.64. The van der Waals surface area contributed by atoms with Crippen LogP contribution in [0.15, 0.2) is 17.1 Å². The lowest BCUT2D eigenvalue weighted by Gasteiger charge is -2.26. The number of anilines is 1. The molecule has 0 unspecified atom stereocenters. The van der Waals surface area contributed by atoms with Crippen molar-refractivity contribution in [3.05, 3.63) is 22.7 Å². The van der Waals surface area contributed by atoms with Crippen LogP contribution in [-0.2, 0) is 4.74 Å². The van der Waals surface area contributed by atoms with Gasteiger partial charge in [0.05, 0.1) is 6.10 Å². The highest BCUT2D eigenvalue weighted by molar-refractivity contribution is 5.25. The Labute approximate surface area is 114 Å². The van der Waals surface area contributed by atoms with Crippen LogP contribution < -0.4 is 11.4 Å². The second-order valence-corrected chi connectivity index (χ2v) is 4.64. The van der Waals surface area contributed by atoms with Crippen LogP contribution in [0.1, 0.15) is 13.2 Å². The summed E-state index contributed by atoms with van der Waals surface area (Å²) in [7, 11) is 0. The molecule has 0 saturated carbocycles. The maximum Gasteiger partial charge on any atom is 0.351 e. The molecular formula is C12H15N3O5. The van der Waals surface area contributed by atoms with Crippen molar-refractivity contribution in [3.8, 4) is 12.3 Å². The summed E-state index contributed by atoms with van der Waals surface area (Å²) in [5, 5.41) is 30.0. The van der Waals surface area contributed by atoms with Gasteiger partial charge < -0.3 is 25.8 Å². The molecule has 20 heavy (non-hydrogen) atoms. The topological polar surface area (TPSA) is 131 Å². The Morgan fingerprint density at radius 1 is 1.70 bits per heavy atom. The Hall–Kier alpha value is -1.92. The number of aromatic nitrogens is 2. The van der Waals surface area contributed by atoms with Gasteiger partial charge in [0.25, 0.3) is 0 Å². The zero-order valence-electron chi connectivity index (χ0n) is 10.7. The molecule has 2 heterocycles. The number of aliphatic hydroxyl groups is 3. The first-order valence-corrected chi connectivity index (χ1v) is 5.87. The van der Waals surface area contributed by atoms with Crippen LogP contribution in [-0.4, -0.2) is 48.8 Å². The van der Waals surface area contributed by atoms with Gasteiger partial charge in [-0.25, -0.2) is 4.79 Å². The molecule has 108 valence electrons. The first-order chi connectivity index (χ1) is 9.31. The van der Waals surface area contributed by atoms with Crippen LogP contribution >= 0.6 is 0 Å². The molecule has 0 aliphatic carbocycles. The fourth-order valence-electron chi connectivity index (χ4n) is 2.20. The van der Waals surface area contributed by atoms with E-state index in [1.54, 1.807) is 0 Å². The predicted molar refractivity (Wildman–Crippen MR) is 68.3 cm³/mol. The molecule has 1 fully saturated rings. The second kappa shape index (κ2) is 4.88. The number of nitrogen functional groups attached to an aromatic ring is 1. The first-order valence-electron chi connectivity index (χ1n) is 5.87. The van der Waals surface area contributed by atoms with Gasteiger partial charge in [0.15, 0.2) is 11.8 Å². The lowest BCUT2D eigenvalue weighted by Crippen LogP contribution is -2.50. The Morgan fingerprint density at radius 2 is 2.35 bits per heavy atom. The molecule has 0 bridgehead atoms. The normalized spacial score (nSPS) is 34.6. The van der Waals surface area contributed by atoms with E-state index in [2.05, 4.69) is 4.98 Å². The summed E-state index contributed by atoms with van der Waals surface area (Å²) < 4.78 is 6.29. The zero-order chi connectivity index (χ0) is 15.1. The Balaban J connectivity index is 2.45. The quantitative estimate of drug-likeness (QED) is 0.454. The van der Waals surface area contributed by atoms with Crippen LogP contribution in [0.5, 0.6) is 0 Å². The molecular weight excluding hydrogens is 266 g/mol. The highest BCUT2D eigenvalue weighted by Gasteiger charge is 2.57. The van der Waals surface area contributed by atoms with Crippen molar-refractivity contribution < 1.29 is 20.1 Å². The number of hydrogen-bond acceptors (Lipinski definition) is 7. The molecule has 1 aromatic rings. The van der Waals surface area contributed by atoms with E-state index in [0.717, 1.165) is 4.57 Å². The maximum absolute atomic E-state index is 11.7. The van der Waals surface area contributed by atoms with Crippen LogP contribution in [0.25, 0.3) is 0 Å². The van der Waals surface area contributed by atoms with E-state index in [1.165, 1.54) is 19.2 Å². The summed E-state index contributed by atoms with van der Waals surface area (Å²) in [5.41, 5.74) is 2.49.